The molecule has 0 atom stereocenters. The largest absolute Gasteiger partial charge is 0.443 e. The Bertz CT molecular complexity index is 410. The number of nitrogens with two attached hydrogens (primary N) is 1. The van der Waals surface area contributed by atoms with Gasteiger partial charge in [-0.15, -0.1) is 0 Å². The van der Waals surface area contributed by atoms with E-state index in [-0.39, 0.29) is 0 Å². The average Bonchev–Trinajstić information content (AvgIpc) is 2.43. The molecule has 0 bridgehead atoms. The summed E-state index contributed by atoms with van der Waals surface area (Å²) in [6, 6.07) is 5.31. The SMILES string of the molecule is NCc1ccc2oc(Cl)cc2n1. The quantitative estimate of drug-likeness (QED) is 0.734. The number of hydrogen-bond acceptors (Lipinski definition) is 3. The van der Waals surface area contributed by atoms with Crippen molar-refractivity contribution in [1.29, 1.82) is 0 Å². The van der Waals surface area contributed by atoms with Crippen LogP contribution in [0, 0.1) is 0 Å². The zero-order valence-electron chi connectivity index (χ0n) is 6.25. The zero-order valence-corrected chi connectivity index (χ0v) is 7.01. The maximum absolute atomic E-state index is 5.64. The van der Waals surface area contributed by atoms with Crippen LogP contribution in [0.3, 0.4) is 0 Å². The Labute approximate surface area is 74.1 Å². The van der Waals surface area contributed by atoms with Gasteiger partial charge in [0, 0.05) is 12.6 Å². The van der Waals surface area contributed by atoms with Crippen molar-refractivity contribution in [2.24, 2.45) is 5.73 Å². The summed E-state index contributed by atoms with van der Waals surface area (Å²) in [6.45, 7) is 0.429. The molecule has 0 aliphatic carbocycles. The molecule has 0 aromatic carbocycles. The molecule has 2 aromatic heterocycles. The third-order valence-corrected chi connectivity index (χ3v) is 1.80. The molecule has 2 heterocycles. The molecule has 12 heavy (non-hydrogen) atoms. The normalized spacial score (nSPS) is 10.8. The van der Waals surface area contributed by atoms with Crippen LogP contribution in [0.5, 0.6) is 0 Å². The molecule has 0 unspecified atom stereocenters. The minimum atomic E-state index is 0.353. The molecule has 3 nitrogen and oxygen atoms in total. The van der Waals surface area contributed by atoms with Gasteiger partial charge in [0.25, 0.3) is 0 Å². The van der Waals surface area contributed by atoms with Crippen molar-refractivity contribution in [3.8, 4) is 0 Å². The van der Waals surface area contributed by atoms with Crippen molar-refractivity contribution >= 4 is 22.7 Å². The minimum absolute atomic E-state index is 0.353. The number of furan rings is 1. The second-order valence-electron chi connectivity index (χ2n) is 2.44. The van der Waals surface area contributed by atoms with Crippen LogP contribution in [0.15, 0.2) is 22.6 Å². The smallest absolute Gasteiger partial charge is 0.196 e. The summed E-state index contributed by atoms with van der Waals surface area (Å²) in [5.74, 6) is 0. The first kappa shape index (κ1) is 7.58. The Morgan fingerprint density at radius 2 is 2.33 bits per heavy atom. The Morgan fingerprint density at radius 3 is 3.08 bits per heavy atom. The number of aromatic nitrogens is 1. The topological polar surface area (TPSA) is 52.0 Å². The molecule has 0 saturated heterocycles. The van der Waals surface area contributed by atoms with E-state index in [2.05, 4.69) is 4.98 Å². The maximum Gasteiger partial charge on any atom is 0.196 e. The van der Waals surface area contributed by atoms with Crippen molar-refractivity contribution < 1.29 is 4.42 Å². The van der Waals surface area contributed by atoms with E-state index in [9.17, 15) is 0 Å². The summed E-state index contributed by atoms with van der Waals surface area (Å²) in [5, 5.41) is 0.353. The van der Waals surface area contributed by atoms with Gasteiger partial charge in [0.2, 0.25) is 0 Å². The van der Waals surface area contributed by atoms with Crippen molar-refractivity contribution in [3.05, 3.63) is 29.1 Å². The molecule has 0 aliphatic rings. The van der Waals surface area contributed by atoms with E-state index in [0.717, 1.165) is 11.2 Å². The summed E-state index contributed by atoms with van der Waals surface area (Å²) < 4.78 is 5.13. The predicted molar refractivity (Wildman–Crippen MR) is 46.9 cm³/mol. The minimum Gasteiger partial charge on any atom is -0.443 e. The molecule has 0 spiro atoms. The second kappa shape index (κ2) is 2.77. The fourth-order valence-electron chi connectivity index (χ4n) is 1.05. The Balaban J connectivity index is 2.66. The highest BCUT2D eigenvalue weighted by Gasteiger charge is 2.02. The Hall–Kier alpha value is -1.06. The molecule has 0 radical (unpaired) electrons. The number of nitrogens with zero attached hydrogens (tertiary/aromatic N) is 1. The molecule has 2 rings (SSSR count). The van der Waals surface area contributed by atoms with Crippen LogP contribution < -0.4 is 5.73 Å². The molecule has 4 heteroatoms. The van der Waals surface area contributed by atoms with Crippen LogP contribution in [-0.4, -0.2) is 4.98 Å². The van der Waals surface area contributed by atoms with Crippen LogP contribution in [0.25, 0.3) is 11.1 Å². The Kier molecular flexibility index (Phi) is 1.75. The van der Waals surface area contributed by atoms with Gasteiger partial charge in [-0.3, -0.25) is 0 Å². The van der Waals surface area contributed by atoms with Crippen LogP contribution in [-0.2, 0) is 6.54 Å². The standard InChI is InChI=1S/C8H7ClN2O/c9-8-3-6-7(12-8)2-1-5(4-10)11-6/h1-3H,4,10H2. The lowest BCUT2D eigenvalue weighted by molar-refractivity contribution is 0.617. The third kappa shape index (κ3) is 1.17. The van der Waals surface area contributed by atoms with E-state index in [4.69, 9.17) is 21.8 Å². The first-order chi connectivity index (χ1) is 5.79. The van der Waals surface area contributed by atoms with Gasteiger partial charge in [-0.05, 0) is 23.7 Å². The highest BCUT2D eigenvalue weighted by Crippen LogP contribution is 2.21. The average molecular weight is 183 g/mol. The molecule has 0 fully saturated rings. The van der Waals surface area contributed by atoms with Crippen LogP contribution in [0.1, 0.15) is 5.69 Å². The van der Waals surface area contributed by atoms with Gasteiger partial charge in [-0.25, -0.2) is 4.98 Å². The Morgan fingerprint density at radius 1 is 1.50 bits per heavy atom. The predicted octanol–water partition coefficient (Wildman–Crippen LogP) is 1.94. The van der Waals surface area contributed by atoms with Gasteiger partial charge in [0.1, 0.15) is 5.52 Å². The fourth-order valence-corrected chi connectivity index (χ4v) is 1.24. The summed E-state index contributed by atoms with van der Waals surface area (Å²) >= 11 is 5.64. The number of halogens is 1. The molecule has 0 aliphatic heterocycles. The monoisotopic (exact) mass is 182 g/mol. The summed E-state index contributed by atoms with van der Waals surface area (Å²) in [7, 11) is 0. The van der Waals surface area contributed by atoms with Gasteiger partial charge in [-0.2, -0.15) is 0 Å². The number of rotatable bonds is 1. The van der Waals surface area contributed by atoms with E-state index in [1.54, 1.807) is 6.07 Å². The highest BCUT2D eigenvalue weighted by atomic mass is 35.5. The second-order valence-corrected chi connectivity index (χ2v) is 2.81. The van der Waals surface area contributed by atoms with E-state index in [1.807, 2.05) is 12.1 Å². The molecule has 2 N–H and O–H groups in total. The molecular formula is C8H7ClN2O. The molecular weight excluding hydrogens is 176 g/mol. The van der Waals surface area contributed by atoms with Crippen molar-refractivity contribution in [2.75, 3.05) is 0 Å². The molecule has 2 aromatic rings. The van der Waals surface area contributed by atoms with Gasteiger partial charge < -0.3 is 10.2 Å². The van der Waals surface area contributed by atoms with Crippen molar-refractivity contribution in [3.63, 3.8) is 0 Å². The van der Waals surface area contributed by atoms with Crippen LogP contribution in [0.4, 0.5) is 0 Å². The third-order valence-electron chi connectivity index (χ3n) is 1.61. The summed E-state index contributed by atoms with van der Waals surface area (Å²) in [6.07, 6.45) is 0. The number of pyridine rings is 1. The molecule has 0 saturated carbocycles. The summed E-state index contributed by atoms with van der Waals surface area (Å²) in [4.78, 5) is 4.21. The summed E-state index contributed by atoms with van der Waals surface area (Å²) in [5.41, 5.74) is 7.70. The van der Waals surface area contributed by atoms with Crippen LogP contribution in [0.2, 0.25) is 5.22 Å². The van der Waals surface area contributed by atoms with Gasteiger partial charge >= 0.3 is 0 Å². The first-order valence-electron chi connectivity index (χ1n) is 3.54. The van der Waals surface area contributed by atoms with Crippen molar-refractivity contribution in [1.82, 2.24) is 4.98 Å². The van der Waals surface area contributed by atoms with E-state index in [1.165, 1.54) is 0 Å². The van der Waals surface area contributed by atoms with Crippen LogP contribution >= 0.6 is 11.6 Å². The van der Waals surface area contributed by atoms with Gasteiger partial charge in [0.15, 0.2) is 10.8 Å². The lowest BCUT2D eigenvalue weighted by atomic mass is 10.3. The number of hydrogen-bond donors (Lipinski definition) is 1. The van der Waals surface area contributed by atoms with Gasteiger partial charge in [0.05, 0.1) is 5.69 Å². The zero-order chi connectivity index (χ0) is 8.55. The van der Waals surface area contributed by atoms with E-state index >= 15 is 0 Å². The fraction of sp³-hybridized carbons (Fsp3) is 0.125. The lowest BCUT2D eigenvalue weighted by Crippen LogP contribution is -1.98. The highest BCUT2D eigenvalue weighted by molar-refractivity contribution is 6.29. The lowest BCUT2D eigenvalue weighted by Gasteiger charge is -1.92. The van der Waals surface area contributed by atoms with E-state index < -0.39 is 0 Å². The maximum atomic E-state index is 5.64. The number of fused-ring (bicyclic) bond motifs is 1. The molecule has 62 valence electrons. The van der Waals surface area contributed by atoms with E-state index in [0.29, 0.717) is 17.3 Å². The molecule has 0 amide bonds. The first-order valence-corrected chi connectivity index (χ1v) is 3.92. The van der Waals surface area contributed by atoms with Gasteiger partial charge in [-0.1, -0.05) is 0 Å². The van der Waals surface area contributed by atoms with Crippen molar-refractivity contribution in [2.45, 2.75) is 6.54 Å².